The Kier molecular flexibility index (Phi) is 7.22. The monoisotopic (exact) mass is 366 g/mol. The summed E-state index contributed by atoms with van der Waals surface area (Å²) in [6.07, 6.45) is 22.8. The van der Waals surface area contributed by atoms with Crippen LogP contribution < -0.4 is 5.73 Å². The molecule has 4 heteroatoms. The lowest BCUT2D eigenvalue weighted by Crippen LogP contribution is -2.16. The molecule has 0 aliphatic heterocycles. The van der Waals surface area contributed by atoms with Crippen LogP contribution in [0, 0.1) is 0 Å². The second-order valence-corrected chi connectivity index (χ2v) is 8.01. The summed E-state index contributed by atoms with van der Waals surface area (Å²) >= 11 is 0. The first-order chi connectivity index (χ1) is 13.2. The van der Waals surface area contributed by atoms with Crippen molar-refractivity contribution in [3.05, 3.63) is 47.1 Å². The van der Waals surface area contributed by atoms with Crippen LogP contribution in [0.1, 0.15) is 75.7 Å². The van der Waals surface area contributed by atoms with Crippen LogP contribution in [-0.2, 0) is 6.54 Å². The minimum Gasteiger partial charge on any atom is -0.328 e. The zero-order valence-corrected chi connectivity index (χ0v) is 16.9. The fourth-order valence-corrected chi connectivity index (χ4v) is 4.22. The molecule has 2 aliphatic rings. The zero-order valence-electron chi connectivity index (χ0n) is 16.9. The fourth-order valence-electron chi connectivity index (χ4n) is 4.22. The van der Waals surface area contributed by atoms with E-state index in [0.717, 1.165) is 31.4 Å². The van der Waals surface area contributed by atoms with Gasteiger partial charge in [-0.15, -0.1) is 0 Å². The van der Waals surface area contributed by atoms with E-state index in [-0.39, 0.29) is 6.04 Å². The molecule has 1 aromatic rings. The van der Waals surface area contributed by atoms with Crippen molar-refractivity contribution >= 4 is 12.3 Å². The lowest BCUT2D eigenvalue weighted by atomic mass is 9.88. The lowest BCUT2D eigenvalue weighted by molar-refractivity contribution is 0.418. The van der Waals surface area contributed by atoms with Gasteiger partial charge in [-0.05, 0) is 56.3 Å². The molecule has 3 rings (SSSR count). The van der Waals surface area contributed by atoms with Crippen molar-refractivity contribution < 1.29 is 0 Å². The first-order valence-corrected chi connectivity index (χ1v) is 10.5. The van der Waals surface area contributed by atoms with Gasteiger partial charge in [0.2, 0.25) is 0 Å². The van der Waals surface area contributed by atoms with Crippen molar-refractivity contribution in [1.29, 1.82) is 0 Å². The molecule has 2 N–H and O–H groups in total. The van der Waals surface area contributed by atoms with Crippen LogP contribution in [0.2, 0.25) is 0 Å². The summed E-state index contributed by atoms with van der Waals surface area (Å²) in [5.74, 6) is 1.85. The molecular weight excluding hydrogens is 332 g/mol. The highest BCUT2D eigenvalue weighted by atomic mass is 15.1. The van der Waals surface area contributed by atoms with Crippen LogP contribution >= 0.6 is 0 Å². The predicted octanol–water partition coefficient (Wildman–Crippen LogP) is 5.03. The Hall–Kier alpha value is -1.94. The molecule has 0 spiro atoms. The predicted molar refractivity (Wildman–Crippen MR) is 115 cm³/mol. The average Bonchev–Trinajstić information content (AvgIpc) is 3.05. The number of aromatic nitrogens is 2. The second-order valence-electron chi connectivity index (χ2n) is 8.01. The van der Waals surface area contributed by atoms with Crippen LogP contribution in [0.15, 0.2) is 40.6 Å². The first-order valence-electron chi connectivity index (χ1n) is 10.5. The van der Waals surface area contributed by atoms with E-state index in [1.165, 1.54) is 49.2 Å². The van der Waals surface area contributed by atoms with E-state index in [4.69, 9.17) is 10.7 Å². The Morgan fingerprint density at radius 1 is 1.33 bits per heavy atom. The molecule has 2 aliphatic carbocycles. The van der Waals surface area contributed by atoms with Crippen molar-refractivity contribution in [1.82, 2.24) is 9.55 Å². The summed E-state index contributed by atoms with van der Waals surface area (Å²) in [6, 6.07) is 0.118. The van der Waals surface area contributed by atoms with Crippen molar-refractivity contribution in [2.45, 2.75) is 76.8 Å². The van der Waals surface area contributed by atoms with Gasteiger partial charge in [0.25, 0.3) is 0 Å². The SMILES string of the molecule is CN=C/C(=C\c1cnc(C2CCCCC2)n1CC1=CCCC=C1)CC(C)N. The summed E-state index contributed by atoms with van der Waals surface area (Å²) in [5.41, 5.74) is 9.77. The van der Waals surface area contributed by atoms with Crippen molar-refractivity contribution in [3.63, 3.8) is 0 Å². The average molecular weight is 367 g/mol. The highest BCUT2D eigenvalue weighted by molar-refractivity contribution is 5.85. The number of hydrogen-bond acceptors (Lipinski definition) is 3. The Labute approximate surface area is 164 Å². The smallest absolute Gasteiger partial charge is 0.112 e. The molecule has 1 unspecified atom stereocenters. The van der Waals surface area contributed by atoms with Gasteiger partial charge in [0, 0.05) is 31.8 Å². The minimum atomic E-state index is 0.118. The molecule has 1 heterocycles. The zero-order chi connectivity index (χ0) is 19.1. The summed E-state index contributed by atoms with van der Waals surface area (Å²) < 4.78 is 2.43. The van der Waals surface area contributed by atoms with Gasteiger partial charge in [-0.3, -0.25) is 4.99 Å². The maximum absolute atomic E-state index is 6.04. The first kappa shape index (κ1) is 19.8. The van der Waals surface area contributed by atoms with E-state index in [2.05, 4.69) is 33.9 Å². The van der Waals surface area contributed by atoms with E-state index in [1.807, 2.05) is 26.4 Å². The Morgan fingerprint density at radius 3 is 2.81 bits per heavy atom. The number of allylic oxidation sites excluding steroid dienone is 4. The minimum absolute atomic E-state index is 0.118. The number of hydrogen-bond donors (Lipinski definition) is 1. The van der Waals surface area contributed by atoms with Crippen LogP contribution in [0.5, 0.6) is 0 Å². The molecule has 1 aromatic heterocycles. The molecule has 1 fully saturated rings. The van der Waals surface area contributed by atoms with Gasteiger partial charge in [-0.1, -0.05) is 37.5 Å². The summed E-state index contributed by atoms with van der Waals surface area (Å²) in [6.45, 7) is 2.95. The Balaban J connectivity index is 1.95. The van der Waals surface area contributed by atoms with E-state index in [0.29, 0.717) is 5.92 Å². The Morgan fingerprint density at radius 2 is 2.15 bits per heavy atom. The Bertz CT molecular complexity index is 728. The second kappa shape index (κ2) is 9.84. The summed E-state index contributed by atoms with van der Waals surface area (Å²) in [7, 11) is 1.82. The van der Waals surface area contributed by atoms with Gasteiger partial charge in [-0.2, -0.15) is 0 Å². The highest BCUT2D eigenvalue weighted by Crippen LogP contribution is 2.33. The molecule has 0 bridgehead atoms. The third-order valence-corrected chi connectivity index (χ3v) is 5.49. The van der Waals surface area contributed by atoms with Crippen molar-refractivity contribution in [2.75, 3.05) is 7.05 Å². The molecule has 146 valence electrons. The maximum Gasteiger partial charge on any atom is 0.112 e. The van der Waals surface area contributed by atoms with E-state index >= 15 is 0 Å². The largest absolute Gasteiger partial charge is 0.328 e. The molecule has 1 saturated carbocycles. The summed E-state index contributed by atoms with van der Waals surface area (Å²) in [5, 5.41) is 0. The maximum atomic E-state index is 6.04. The van der Waals surface area contributed by atoms with Crippen LogP contribution in [0.4, 0.5) is 0 Å². The van der Waals surface area contributed by atoms with Gasteiger partial charge in [-0.25, -0.2) is 4.98 Å². The molecular formula is C23H34N4. The third kappa shape index (κ3) is 5.52. The topological polar surface area (TPSA) is 56.2 Å². The molecule has 0 amide bonds. The molecule has 0 aromatic carbocycles. The van der Waals surface area contributed by atoms with Gasteiger partial charge < -0.3 is 10.3 Å². The van der Waals surface area contributed by atoms with Gasteiger partial charge in [0.15, 0.2) is 0 Å². The number of rotatable bonds is 7. The molecule has 4 nitrogen and oxygen atoms in total. The van der Waals surface area contributed by atoms with E-state index < -0.39 is 0 Å². The van der Waals surface area contributed by atoms with Gasteiger partial charge in [0.1, 0.15) is 5.82 Å². The molecule has 0 saturated heterocycles. The molecule has 27 heavy (non-hydrogen) atoms. The molecule has 0 radical (unpaired) electrons. The normalized spacial score (nSPS) is 20.3. The summed E-state index contributed by atoms with van der Waals surface area (Å²) in [4.78, 5) is 9.12. The van der Waals surface area contributed by atoms with Gasteiger partial charge in [0.05, 0.1) is 11.9 Å². The highest BCUT2D eigenvalue weighted by Gasteiger charge is 2.22. The number of imidazole rings is 1. The van der Waals surface area contributed by atoms with E-state index in [1.54, 1.807) is 0 Å². The van der Waals surface area contributed by atoms with Crippen molar-refractivity contribution in [3.8, 4) is 0 Å². The van der Waals surface area contributed by atoms with Gasteiger partial charge >= 0.3 is 0 Å². The quantitative estimate of drug-likeness (QED) is 0.688. The third-order valence-electron chi connectivity index (χ3n) is 5.49. The molecule has 1 atom stereocenters. The van der Waals surface area contributed by atoms with E-state index in [9.17, 15) is 0 Å². The van der Waals surface area contributed by atoms with Crippen molar-refractivity contribution in [2.24, 2.45) is 10.7 Å². The lowest BCUT2D eigenvalue weighted by Gasteiger charge is -2.23. The standard InChI is InChI=1S/C23H34N4/c1-18(24)13-20(15-25-2)14-22-16-26-23(21-11-7-4-8-12-21)27(22)17-19-9-5-3-6-10-19/h5,9-10,14-16,18,21H,3-4,6-8,11-13,17,24H2,1-2H3/b20-14-,25-15?. The number of nitrogens with two attached hydrogens (primary N) is 1. The van der Waals surface area contributed by atoms with Crippen LogP contribution in [0.25, 0.3) is 6.08 Å². The van der Waals surface area contributed by atoms with Crippen LogP contribution in [-0.4, -0.2) is 28.9 Å². The van der Waals surface area contributed by atoms with Crippen LogP contribution in [0.3, 0.4) is 0 Å². The number of aliphatic imine (C=N–C) groups is 1. The number of nitrogens with zero attached hydrogens (tertiary/aromatic N) is 3. The fraction of sp³-hybridized carbons (Fsp3) is 0.565.